The number of urea groups is 1. The van der Waals surface area contributed by atoms with E-state index in [2.05, 4.69) is 24.1 Å². The number of hydrogen-bond acceptors (Lipinski definition) is 3. The summed E-state index contributed by atoms with van der Waals surface area (Å²) >= 11 is 0. The number of nitrogens with one attached hydrogen (secondary N) is 1. The summed E-state index contributed by atoms with van der Waals surface area (Å²) in [7, 11) is 4.04. The van der Waals surface area contributed by atoms with Gasteiger partial charge in [0.2, 0.25) is 5.91 Å². The van der Waals surface area contributed by atoms with Crippen LogP contribution in [-0.2, 0) is 4.79 Å². The summed E-state index contributed by atoms with van der Waals surface area (Å²) in [6, 6.07) is -0.128. The first-order valence-corrected chi connectivity index (χ1v) is 7.15. The molecule has 6 nitrogen and oxygen atoms in total. The van der Waals surface area contributed by atoms with E-state index in [1.807, 2.05) is 27.9 Å². The van der Waals surface area contributed by atoms with Crippen LogP contribution in [0.5, 0.6) is 0 Å². The molecule has 0 aromatic carbocycles. The molecule has 0 radical (unpaired) electrons. The van der Waals surface area contributed by atoms with Crippen molar-refractivity contribution in [3.8, 4) is 0 Å². The zero-order valence-corrected chi connectivity index (χ0v) is 13.6. The van der Waals surface area contributed by atoms with Crippen molar-refractivity contribution < 1.29 is 9.59 Å². The van der Waals surface area contributed by atoms with Gasteiger partial charge in [-0.2, -0.15) is 0 Å². The van der Waals surface area contributed by atoms with E-state index in [9.17, 15) is 9.59 Å². The molecular weight excluding hydrogens is 256 g/mol. The molecule has 1 saturated heterocycles. The fourth-order valence-corrected chi connectivity index (χ4v) is 2.43. The maximum atomic E-state index is 12.2. The van der Waals surface area contributed by atoms with Crippen LogP contribution in [0, 0.1) is 5.41 Å². The smallest absolute Gasteiger partial charge is 0.319 e. The average Bonchev–Trinajstić information content (AvgIpc) is 2.68. The van der Waals surface area contributed by atoms with Crippen LogP contribution in [0.3, 0.4) is 0 Å². The van der Waals surface area contributed by atoms with Crippen molar-refractivity contribution in [3.05, 3.63) is 0 Å². The molecule has 1 rings (SSSR count). The van der Waals surface area contributed by atoms with E-state index >= 15 is 0 Å². The maximum Gasteiger partial charge on any atom is 0.319 e. The number of rotatable bonds is 5. The molecule has 0 bridgehead atoms. The fraction of sp³-hybridized carbons (Fsp3) is 0.857. The Kier molecular flexibility index (Phi) is 5.39. The van der Waals surface area contributed by atoms with Crippen molar-refractivity contribution in [1.82, 2.24) is 20.0 Å². The zero-order chi connectivity index (χ0) is 15.5. The SMILES string of the molecule is CCN1CN(C(=O)NC(C)C(C)(C)CN(C)C)CC1=O. The van der Waals surface area contributed by atoms with E-state index in [4.69, 9.17) is 0 Å². The van der Waals surface area contributed by atoms with Gasteiger partial charge in [-0.15, -0.1) is 0 Å². The summed E-state index contributed by atoms with van der Waals surface area (Å²) in [6.07, 6.45) is 0. The second-order valence-electron chi connectivity index (χ2n) is 6.49. The average molecular weight is 284 g/mol. The van der Waals surface area contributed by atoms with Crippen LogP contribution in [0.1, 0.15) is 27.7 Å². The maximum absolute atomic E-state index is 12.2. The lowest BCUT2D eigenvalue weighted by Gasteiger charge is -2.35. The van der Waals surface area contributed by atoms with Gasteiger partial charge in [0.25, 0.3) is 0 Å². The Bertz CT molecular complexity index is 368. The number of nitrogens with zero attached hydrogens (tertiary/aromatic N) is 3. The molecule has 3 amide bonds. The molecule has 0 aromatic heterocycles. The van der Waals surface area contributed by atoms with Gasteiger partial charge in [-0.25, -0.2) is 4.79 Å². The van der Waals surface area contributed by atoms with Gasteiger partial charge in [-0.3, -0.25) is 9.69 Å². The number of hydrogen-bond donors (Lipinski definition) is 1. The summed E-state index contributed by atoms with van der Waals surface area (Å²) in [5.74, 6) is 0.0165. The molecule has 1 aliphatic heterocycles. The van der Waals surface area contributed by atoms with E-state index in [0.29, 0.717) is 13.2 Å². The number of likely N-dealkylation sites (N-methyl/N-ethyl adjacent to an activating group) is 1. The lowest BCUT2D eigenvalue weighted by Crippen LogP contribution is -2.51. The molecule has 20 heavy (non-hydrogen) atoms. The molecule has 1 heterocycles. The first-order valence-electron chi connectivity index (χ1n) is 7.15. The van der Waals surface area contributed by atoms with Crippen LogP contribution in [0.25, 0.3) is 0 Å². The number of amides is 3. The normalized spacial score (nSPS) is 17.9. The van der Waals surface area contributed by atoms with Crippen LogP contribution < -0.4 is 5.32 Å². The predicted molar refractivity (Wildman–Crippen MR) is 79.3 cm³/mol. The van der Waals surface area contributed by atoms with Crippen LogP contribution in [-0.4, -0.2) is 73.1 Å². The van der Waals surface area contributed by atoms with Crippen molar-refractivity contribution in [3.63, 3.8) is 0 Å². The van der Waals surface area contributed by atoms with Gasteiger partial charge in [-0.1, -0.05) is 13.8 Å². The first-order chi connectivity index (χ1) is 9.17. The van der Waals surface area contributed by atoms with Crippen LogP contribution >= 0.6 is 0 Å². The topological polar surface area (TPSA) is 55.9 Å². The minimum absolute atomic E-state index is 0.0165. The van der Waals surface area contributed by atoms with Gasteiger partial charge < -0.3 is 15.1 Å². The standard InChI is InChI=1S/C14H28N4O2/c1-7-17-10-18(8-12(17)19)13(20)15-11(2)14(3,4)9-16(5)6/h11H,7-10H2,1-6H3,(H,15,20). The Morgan fingerprint density at radius 3 is 2.50 bits per heavy atom. The number of carbonyl (C=O) groups excluding carboxylic acids is 2. The van der Waals surface area contributed by atoms with Crippen molar-refractivity contribution in [2.45, 2.75) is 33.7 Å². The molecule has 1 fully saturated rings. The second kappa shape index (κ2) is 6.43. The van der Waals surface area contributed by atoms with Gasteiger partial charge >= 0.3 is 6.03 Å². The Morgan fingerprint density at radius 2 is 2.05 bits per heavy atom. The van der Waals surface area contributed by atoms with Gasteiger partial charge in [-0.05, 0) is 33.4 Å². The monoisotopic (exact) mass is 284 g/mol. The van der Waals surface area contributed by atoms with Crippen LogP contribution in [0.15, 0.2) is 0 Å². The van der Waals surface area contributed by atoms with Gasteiger partial charge in [0.05, 0.1) is 6.67 Å². The van der Waals surface area contributed by atoms with E-state index in [1.54, 1.807) is 9.80 Å². The van der Waals surface area contributed by atoms with Crippen molar-refractivity contribution in [2.75, 3.05) is 40.4 Å². The van der Waals surface area contributed by atoms with Crippen molar-refractivity contribution in [1.29, 1.82) is 0 Å². The van der Waals surface area contributed by atoms with Crippen molar-refractivity contribution in [2.24, 2.45) is 5.41 Å². The molecule has 0 aromatic rings. The molecule has 0 saturated carbocycles. The quantitative estimate of drug-likeness (QED) is 0.812. The van der Waals surface area contributed by atoms with Crippen LogP contribution in [0.4, 0.5) is 4.79 Å². The van der Waals surface area contributed by atoms with Gasteiger partial charge in [0.1, 0.15) is 6.54 Å². The minimum atomic E-state index is -0.159. The molecule has 1 atom stereocenters. The van der Waals surface area contributed by atoms with Crippen molar-refractivity contribution >= 4 is 11.9 Å². The molecule has 1 unspecified atom stereocenters. The van der Waals surface area contributed by atoms with Crippen LogP contribution in [0.2, 0.25) is 0 Å². The number of carbonyl (C=O) groups is 2. The van der Waals surface area contributed by atoms with Gasteiger partial charge in [0, 0.05) is 19.1 Å². The summed E-state index contributed by atoms with van der Waals surface area (Å²) in [6.45, 7) is 10.3. The Labute approximate surface area is 122 Å². The van der Waals surface area contributed by atoms with E-state index in [1.165, 1.54) is 0 Å². The largest absolute Gasteiger partial charge is 0.335 e. The summed E-state index contributed by atoms with van der Waals surface area (Å²) in [5, 5.41) is 3.01. The lowest BCUT2D eigenvalue weighted by molar-refractivity contribution is -0.126. The Morgan fingerprint density at radius 1 is 1.45 bits per heavy atom. The van der Waals surface area contributed by atoms with E-state index in [-0.39, 0.29) is 29.9 Å². The van der Waals surface area contributed by atoms with Gasteiger partial charge in [0.15, 0.2) is 0 Å². The summed E-state index contributed by atoms with van der Waals surface area (Å²) in [5.41, 5.74) is -0.0344. The fourth-order valence-electron chi connectivity index (χ4n) is 2.43. The molecule has 1 aliphatic rings. The van der Waals surface area contributed by atoms with E-state index < -0.39 is 0 Å². The second-order valence-corrected chi connectivity index (χ2v) is 6.49. The zero-order valence-electron chi connectivity index (χ0n) is 13.6. The molecule has 6 heteroatoms. The first kappa shape index (κ1) is 16.8. The summed E-state index contributed by atoms with van der Waals surface area (Å²) < 4.78 is 0. The molecule has 0 spiro atoms. The minimum Gasteiger partial charge on any atom is -0.335 e. The third-order valence-corrected chi connectivity index (χ3v) is 3.93. The molecule has 116 valence electrons. The van der Waals surface area contributed by atoms with E-state index in [0.717, 1.165) is 6.54 Å². The lowest BCUT2D eigenvalue weighted by atomic mass is 9.85. The molecular formula is C14H28N4O2. The Balaban J connectivity index is 2.56. The Hall–Kier alpha value is -1.30. The highest BCUT2D eigenvalue weighted by molar-refractivity contribution is 5.87. The highest BCUT2D eigenvalue weighted by Crippen LogP contribution is 2.21. The molecule has 1 N–H and O–H groups in total. The highest BCUT2D eigenvalue weighted by Gasteiger charge is 2.33. The summed E-state index contributed by atoms with van der Waals surface area (Å²) in [4.78, 5) is 29.2. The third-order valence-electron chi connectivity index (χ3n) is 3.93. The highest BCUT2D eigenvalue weighted by atomic mass is 16.2. The third kappa shape index (κ3) is 4.10. The predicted octanol–water partition coefficient (Wildman–Crippen LogP) is 0.794. The molecule has 0 aliphatic carbocycles.